The number of piperidine rings is 2. The molecule has 1 N–H and O–H groups in total. The number of likely N-dealkylation sites (N-methyl/N-ethyl adjacent to an activating group) is 1. The van der Waals surface area contributed by atoms with Crippen molar-refractivity contribution in [2.45, 2.75) is 120 Å². The highest BCUT2D eigenvalue weighted by Gasteiger charge is 2.45. The Bertz CT molecular complexity index is 2710. The Balaban J connectivity index is 0.000000170. The van der Waals surface area contributed by atoms with E-state index in [9.17, 15) is 32.3 Å². The zero-order chi connectivity index (χ0) is 50.5. The van der Waals surface area contributed by atoms with Crippen LogP contribution in [0.5, 0.6) is 0 Å². The lowest BCUT2D eigenvalue weighted by Crippen LogP contribution is -2.52. The number of alkyl halides is 3. The lowest BCUT2D eigenvalue weighted by Gasteiger charge is -2.42. The van der Waals surface area contributed by atoms with E-state index in [2.05, 4.69) is 25.3 Å². The van der Waals surface area contributed by atoms with Crippen LogP contribution in [0.2, 0.25) is 0 Å². The molecule has 0 radical (unpaired) electrons. The van der Waals surface area contributed by atoms with Gasteiger partial charge in [-0.3, -0.25) is 29.4 Å². The first-order valence-electron chi connectivity index (χ1n) is 25.4. The minimum atomic E-state index is -4.57. The fraction of sp³-hybridized carbons (Fsp3) is 0.547. The number of anilines is 2. The number of ether oxygens (including phenoxy) is 2. The summed E-state index contributed by atoms with van der Waals surface area (Å²) >= 11 is 0. The van der Waals surface area contributed by atoms with Crippen molar-refractivity contribution in [3.05, 3.63) is 105 Å². The van der Waals surface area contributed by atoms with Gasteiger partial charge in [0.05, 0.1) is 49.8 Å². The van der Waals surface area contributed by atoms with Crippen LogP contribution in [0.15, 0.2) is 54.9 Å². The Morgan fingerprint density at radius 3 is 2.24 bits per heavy atom. The number of aryl methyl sites for hydroxylation is 1. The number of hydrogen-bond acceptors (Lipinski definition) is 11. The molecule has 4 saturated heterocycles. The standard InChI is InChI=1S/C29H33F3N6O2.C24H30FN3O4/c1-19(37-9-7-35(2)8-10-37)20-11-23-24(25(12-20)29(30,31)32)15-38(27(23)39)22-6-4-5-21(13-22)28(16-40-17-28)14-26-34-33-18-36(26)3;25-22-18-14-28(20-8-9-21(29)26-23(20)30)24(31)17(18)6-7-19(22)27-12-10-16(11-13-27)32-15-4-2-1-3-5-15/h4-6,11-13,18-19H,7-10,14-17H2,1-3H3;6-7,15-16,20H,1-5,8-14H2,(H,26,29,30). The van der Waals surface area contributed by atoms with Gasteiger partial charge in [-0.25, -0.2) is 4.39 Å². The van der Waals surface area contributed by atoms with Gasteiger partial charge in [-0.05, 0) is 99.2 Å². The molecule has 5 fully saturated rings. The number of nitrogens with one attached hydrogen (secondary N) is 1. The monoisotopic (exact) mass is 997 g/mol. The number of benzene rings is 3. The molecule has 3 aromatic carbocycles. The van der Waals surface area contributed by atoms with E-state index >= 15 is 4.39 Å². The van der Waals surface area contributed by atoms with Crippen molar-refractivity contribution in [1.82, 2.24) is 34.8 Å². The van der Waals surface area contributed by atoms with Gasteiger partial charge in [0, 0.05) is 93.0 Å². The van der Waals surface area contributed by atoms with Gasteiger partial charge in [0.25, 0.3) is 11.8 Å². The first-order valence-corrected chi connectivity index (χ1v) is 25.4. The zero-order valence-corrected chi connectivity index (χ0v) is 41.2. The van der Waals surface area contributed by atoms with Crippen molar-refractivity contribution in [2.24, 2.45) is 7.05 Å². The maximum absolute atomic E-state index is 15.5. The molecule has 7 heterocycles. The first-order chi connectivity index (χ1) is 34.6. The van der Waals surface area contributed by atoms with Crippen LogP contribution < -0.4 is 15.1 Å². The van der Waals surface area contributed by atoms with Crippen molar-refractivity contribution < 1.29 is 46.2 Å². The number of rotatable bonds is 10. The summed E-state index contributed by atoms with van der Waals surface area (Å²) in [4.78, 5) is 59.5. The van der Waals surface area contributed by atoms with Crippen molar-refractivity contribution in [2.75, 3.05) is 69.3 Å². The third kappa shape index (κ3) is 9.88. The van der Waals surface area contributed by atoms with Crippen LogP contribution in [0.25, 0.3) is 0 Å². The van der Waals surface area contributed by atoms with Gasteiger partial charge in [0.1, 0.15) is 18.2 Å². The van der Waals surface area contributed by atoms with E-state index in [-0.39, 0.29) is 72.3 Å². The van der Waals surface area contributed by atoms with Gasteiger partial charge in [0.15, 0.2) is 5.82 Å². The Labute approximate surface area is 416 Å². The van der Waals surface area contributed by atoms with E-state index in [0.29, 0.717) is 53.8 Å². The highest BCUT2D eigenvalue weighted by Crippen LogP contribution is 2.43. The van der Waals surface area contributed by atoms with Crippen LogP contribution in [0.4, 0.5) is 28.9 Å². The van der Waals surface area contributed by atoms with E-state index < -0.39 is 29.6 Å². The highest BCUT2D eigenvalue weighted by molar-refractivity contribution is 6.10. The summed E-state index contributed by atoms with van der Waals surface area (Å²) in [5, 5.41) is 10.5. The number of halogens is 4. The molecule has 2 unspecified atom stereocenters. The SMILES string of the molecule is CC(c1cc2c(c(C(F)(F)F)c1)CN(c1cccc(C3(Cc4nncn4C)COC3)c1)C2=O)N1CCN(C)CC1.O=C1CCC(N2Cc3c(ccc(N4CCC(OC5CCCCC5)CC4)c3F)C2=O)C(=O)N1. The summed E-state index contributed by atoms with van der Waals surface area (Å²) in [5.74, 6) is -1.13. The molecule has 1 aliphatic carbocycles. The summed E-state index contributed by atoms with van der Waals surface area (Å²) in [5.41, 5.74) is 2.34. The second-order valence-corrected chi connectivity index (χ2v) is 20.8. The molecule has 4 aromatic rings. The molecule has 7 aliphatic rings. The molecule has 4 amide bonds. The fourth-order valence-corrected chi connectivity index (χ4v) is 11.6. The average Bonchev–Trinajstić information content (AvgIpc) is 4.04. The van der Waals surface area contributed by atoms with Crippen LogP contribution in [0, 0.1) is 5.82 Å². The molecular formula is C53H63F4N9O6. The number of piperazine rings is 1. The molecule has 6 aliphatic heterocycles. The van der Waals surface area contributed by atoms with E-state index in [0.717, 1.165) is 76.3 Å². The Morgan fingerprint density at radius 1 is 0.833 bits per heavy atom. The minimum Gasteiger partial charge on any atom is -0.379 e. The van der Waals surface area contributed by atoms with Crippen LogP contribution in [-0.2, 0) is 57.2 Å². The van der Waals surface area contributed by atoms with E-state index in [1.807, 2.05) is 48.7 Å². The second kappa shape index (κ2) is 20.3. The third-order valence-corrected chi connectivity index (χ3v) is 16.1. The van der Waals surface area contributed by atoms with Crippen molar-refractivity contribution in [1.29, 1.82) is 0 Å². The summed E-state index contributed by atoms with van der Waals surface area (Å²) < 4.78 is 72.3. The quantitative estimate of drug-likeness (QED) is 0.134. The number of imide groups is 1. The predicted molar refractivity (Wildman–Crippen MR) is 259 cm³/mol. The Morgan fingerprint density at radius 2 is 1.57 bits per heavy atom. The molecule has 2 atom stereocenters. The third-order valence-electron chi connectivity index (χ3n) is 16.1. The van der Waals surface area contributed by atoms with Gasteiger partial charge in [-0.2, -0.15) is 13.2 Å². The lowest BCUT2D eigenvalue weighted by atomic mass is 9.75. The van der Waals surface area contributed by atoms with Crippen molar-refractivity contribution in [3.8, 4) is 0 Å². The van der Waals surface area contributed by atoms with Gasteiger partial charge < -0.3 is 33.6 Å². The average molecular weight is 998 g/mol. The Hall–Kier alpha value is -5.76. The van der Waals surface area contributed by atoms with Crippen molar-refractivity contribution >= 4 is 35.0 Å². The molecule has 11 rings (SSSR count). The normalized spacial score (nSPS) is 22.6. The van der Waals surface area contributed by atoms with Gasteiger partial charge in [-0.15, -0.1) is 10.2 Å². The molecular weight excluding hydrogens is 935 g/mol. The van der Waals surface area contributed by atoms with Crippen LogP contribution >= 0.6 is 0 Å². The van der Waals surface area contributed by atoms with Crippen molar-refractivity contribution in [3.63, 3.8) is 0 Å². The number of fused-ring (bicyclic) bond motifs is 2. The summed E-state index contributed by atoms with van der Waals surface area (Å²) in [6.07, 6.45) is 6.59. The van der Waals surface area contributed by atoms with Gasteiger partial charge in [0.2, 0.25) is 11.8 Å². The number of carbonyl (C=O) groups excluding carboxylic acids is 4. The topological polar surface area (TPSA) is 146 Å². The molecule has 1 saturated carbocycles. The van der Waals surface area contributed by atoms with E-state index in [4.69, 9.17) is 9.47 Å². The molecule has 0 bridgehead atoms. The molecule has 72 heavy (non-hydrogen) atoms. The lowest BCUT2D eigenvalue weighted by molar-refractivity contribution is -0.138. The number of aromatic nitrogens is 3. The molecule has 0 spiro atoms. The second-order valence-electron chi connectivity index (χ2n) is 20.8. The molecule has 1 aromatic heterocycles. The largest absolute Gasteiger partial charge is 0.416 e. The summed E-state index contributed by atoms with van der Waals surface area (Å²) in [6.45, 7) is 7.52. The fourth-order valence-electron chi connectivity index (χ4n) is 11.6. The smallest absolute Gasteiger partial charge is 0.379 e. The van der Waals surface area contributed by atoms with Crippen LogP contribution in [0.1, 0.15) is 125 Å². The number of nitrogens with zero attached hydrogens (tertiary/aromatic N) is 8. The number of amides is 4. The van der Waals surface area contributed by atoms with Gasteiger partial charge in [-0.1, -0.05) is 31.4 Å². The maximum atomic E-state index is 15.5. The van der Waals surface area contributed by atoms with Crippen LogP contribution in [-0.4, -0.2) is 131 Å². The summed E-state index contributed by atoms with van der Waals surface area (Å²) in [6, 6.07) is 12.8. The van der Waals surface area contributed by atoms with E-state index in [1.54, 1.807) is 30.6 Å². The van der Waals surface area contributed by atoms with E-state index in [1.165, 1.54) is 35.1 Å². The molecule has 15 nitrogen and oxygen atoms in total. The minimum absolute atomic E-state index is 0.0398. The summed E-state index contributed by atoms with van der Waals surface area (Å²) in [7, 11) is 3.92. The number of hydrogen-bond donors (Lipinski definition) is 1. The molecule has 384 valence electrons. The van der Waals surface area contributed by atoms with Gasteiger partial charge >= 0.3 is 6.18 Å². The first kappa shape index (κ1) is 49.8. The molecule has 19 heteroatoms. The number of carbonyl (C=O) groups is 4. The predicted octanol–water partition coefficient (Wildman–Crippen LogP) is 6.72. The Kier molecular flexibility index (Phi) is 14.0. The van der Waals surface area contributed by atoms with Crippen LogP contribution in [0.3, 0.4) is 0 Å². The highest BCUT2D eigenvalue weighted by atomic mass is 19.4. The zero-order valence-electron chi connectivity index (χ0n) is 41.2. The maximum Gasteiger partial charge on any atom is 0.416 e.